The predicted molar refractivity (Wildman–Crippen MR) is 76.0 cm³/mol. The van der Waals surface area contributed by atoms with Crippen molar-refractivity contribution < 1.29 is 5.11 Å². The first-order chi connectivity index (χ1) is 8.52. The van der Waals surface area contributed by atoms with Crippen LogP contribution in [0.4, 0.5) is 5.69 Å². The Morgan fingerprint density at radius 2 is 2.06 bits per heavy atom. The molecule has 0 amide bonds. The highest BCUT2D eigenvalue weighted by molar-refractivity contribution is 5.55. The van der Waals surface area contributed by atoms with E-state index in [9.17, 15) is 5.11 Å². The molecule has 1 aliphatic heterocycles. The molecule has 2 rings (SSSR count). The fraction of sp³-hybridized carbons (Fsp3) is 0.600. The van der Waals surface area contributed by atoms with Crippen LogP contribution in [0, 0.1) is 12.8 Å². The van der Waals surface area contributed by atoms with E-state index in [1.165, 1.54) is 11.3 Å². The third kappa shape index (κ3) is 2.52. The SMILES string of the molecule is Cc1ccc(N2CC(C)C(N(C)C)C2)c(CO)c1. The molecule has 0 bridgehead atoms. The topological polar surface area (TPSA) is 26.7 Å². The van der Waals surface area contributed by atoms with Crippen molar-refractivity contribution in [3.8, 4) is 0 Å². The van der Waals surface area contributed by atoms with E-state index in [0.29, 0.717) is 12.0 Å². The van der Waals surface area contributed by atoms with Crippen LogP contribution in [0.25, 0.3) is 0 Å². The summed E-state index contributed by atoms with van der Waals surface area (Å²) in [7, 11) is 4.29. The van der Waals surface area contributed by atoms with Crippen LogP contribution in [0.3, 0.4) is 0 Å². The van der Waals surface area contributed by atoms with Gasteiger partial charge in [0.15, 0.2) is 0 Å². The molecular weight excluding hydrogens is 224 g/mol. The van der Waals surface area contributed by atoms with Crippen LogP contribution in [-0.2, 0) is 6.61 Å². The number of rotatable bonds is 3. The standard InChI is InChI=1S/C15H24N2O/c1-11-5-6-14(13(7-11)10-18)17-8-12(2)15(9-17)16(3)4/h5-7,12,15,18H,8-10H2,1-4H3. The monoisotopic (exact) mass is 248 g/mol. The Kier molecular flexibility index (Phi) is 3.93. The Morgan fingerprint density at radius 3 is 2.61 bits per heavy atom. The maximum absolute atomic E-state index is 9.51. The highest BCUT2D eigenvalue weighted by Gasteiger charge is 2.31. The maximum atomic E-state index is 9.51. The molecule has 0 saturated carbocycles. The summed E-state index contributed by atoms with van der Waals surface area (Å²) in [5, 5.41) is 9.51. The van der Waals surface area contributed by atoms with Gasteiger partial charge in [0.1, 0.15) is 0 Å². The number of aryl methyl sites for hydroxylation is 1. The van der Waals surface area contributed by atoms with Gasteiger partial charge >= 0.3 is 0 Å². The average molecular weight is 248 g/mol. The summed E-state index contributed by atoms with van der Waals surface area (Å²) < 4.78 is 0. The van der Waals surface area contributed by atoms with Crippen LogP contribution in [0.15, 0.2) is 18.2 Å². The van der Waals surface area contributed by atoms with E-state index in [4.69, 9.17) is 0 Å². The molecule has 1 aromatic rings. The molecule has 1 saturated heterocycles. The molecule has 0 spiro atoms. The summed E-state index contributed by atoms with van der Waals surface area (Å²) in [6.07, 6.45) is 0. The third-order valence-electron chi connectivity index (χ3n) is 3.98. The zero-order valence-corrected chi connectivity index (χ0v) is 11.8. The molecule has 0 aliphatic carbocycles. The highest BCUT2D eigenvalue weighted by atomic mass is 16.3. The minimum atomic E-state index is 0.120. The lowest BCUT2D eigenvalue weighted by molar-refractivity contribution is 0.266. The van der Waals surface area contributed by atoms with Crippen LogP contribution >= 0.6 is 0 Å². The minimum Gasteiger partial charge on any atom is -0.392 e. The molecule has 0 radical (unpaired) electrons. The lowest BCUT2D eigenvalue weighted by Crippen LogP contribution is -2.34. The summed E-state index contributed by atoms with van der Waals surface area (Å²) in [4.78, 5) is 4.71. The van der Waals surface area contributed by atoms with Gasteiger partial charge in [-0.3, -0.25) is 0 Å². The first-order valence-electron chi connectivity index (χ1n) is 6.64. The Hall–Kier alpha value is -1.06. The quantitative estimate of drug-likeness (QED) is 0.884. The molecule has 1 aromatic carbocycles. The fourth-order valence-corrected chi connectivity index (χ4v) is 2.97. The first-order valence-corrected chi connectivity index (χ1v) is 6.64. The zero-order chi connectivity index (χ0) is 13.3. The number of hydrogen-bond donors (Lipinski definition) is 1. The maximum Gasteiger partial charge on any atom is 0.0702 e. The van der Waals surface area contributed by atoms with Crippen molar-refractivity contribution in [2.24, 2.45) is 5.92 Å². The summed E-state index contributed by atoms with van der Waals surface area (Å²) in [5.41, 5.74) is 3.44. The van der Waals surface area contributed by atoms with Gasteiger partial charge < -0.3 is 14.9 Å². The lowest BCUT2D eigenvalue weighted by Gasteiger charge is -2.24. The Morgan fingerprint density at radius 1 is 1.33 bits per heavy atom. The smallest absolute Gasteiger partial charge is 0.0702 e. The predicted octanol–water partition coefficient (Wildman–Crippen LogP) is 1.87. The van der Waals surface area contributed by atoms with Gasteiger partial charge in [-0.2, -0.15) is 0 Å². The average Bonchev–Trinajstić information content (AvgIpc) is 2.71. The van der Waals surface area contributed by atoms with Crippen molar-refractivity contribution in [3.63, 3.8) is 0 Å². The van der Waals surface area contributed by atoms with Gasteiger partial charge in [-0.15, -0.1) is 0 Å². The van der Waals surface area contributed by atoms with Crippen molar-refractivity contribution in [3.05, 3.63) is 29.3 Å². The highest BCUT2D eigenvalue weighted by Crippen LogP contribution is 2.29. The van der Waals surface area contributed by atoms with Gasteiger partial charge in [0, 0.05) is 30.4 Å². The Labute approximate surface area is 110 Å². The van der Waals surface area contributed by atoms with Crippen molar-refractivity contribution in [1.29, 1.82) is 0 Å². The second kappa shape index (κ2) is 5.29. The molecule has 2 unspecified atom stereocenters. The summed E-state index contributed by atoms with van der Waals surface area (Å²) in [6.45, 7) is 6.60. The lowest BCUT2D eigenvalue weighted by atomic mass is 10.1. The molecule has 0 aromatic heterocycles. The second-order valence-electron chi connectivity index (χ2n) is 5.70. The third-order valence-corrected chi connectivity index (χ3v) is 3.98. The van der Waals surface area contributed by atoms with Gasteiger partial charge in [0.2, 0.25) is 0 Å². The molecule has 1 N–H and O–H groups in total. The normalized spacial score (nSPS) is 24.0. The molecule has 1 heterocycles. The Bertz CT molecular complexity index is 417. The van der Waals surface area contributed by atoms with Crippen LogP contribution in [0.1, 0.15) is 18.1 Å². The molecule has 1 aliphatic rings. The summed E-state index contributed by atoms with van der Waals surface area (Å²) in [5.74, 6) is 0.660. The van der Waals surface area contributed by atoms with E-state index in [1.807, 2.05) is 0 Å². The van der Waals surface area contributed by atoms with E-state index in [-0.39, 0.29) is 6.61 Å². The number of hydrogen-bond acceptors (Lipinski definition) is 3. The Balaban J connectivity index is 2.23. The number of aliphatic hydroxyl groups excluding tert-OH is 1. The summed E-state index contributed by atoms with van der Waals surface area (Å²) in [6, 6.07) is 6.95. The van der Waals surface area contributed by atoms with E-state index in [0.717, 1.165) is 18.7 Å². The van der Waals surface area contributed by atoms with Gasteiger partial charge in [0.05, 0.1) is 6.61 Å². The molecule has 18 heavy (non-hydrogen) atoms. The van der Waals surface area contributed by atoms with E-state index in [2.05, 4.69) is 55.9 Å². The van der Waals surface area contributed by atoms with Crippen LogP contribution in [-0.4, -0.2) is 43.2 Å². The summed E-state index contributed by atoms with van der Waals surface area (Å²) >= 11 is 0. The van der Waals surface area contributed by atoms with E-state index < -0.39 is 0 Å². The fourth-order valence-electron chi connectivity index (χ4n) is 2.97. The number of aliphatic hydroxyl groups is 1. The molecule has 3 nitrogen and oxygen atoms in total. The molecule has 100 valence electrons. The minimum absolute atomic E-state index is 0.120. The molecule has 3 heteroatoms. The van der Waals surface area contributed by atoms with Gasteiger partial charge in [0.25, 0.3) is 0 Å². The van der Waals surface area contributed by atoms with Crippen molar-refractivity contribution in [2.75, 3.05) is 32.1 Å². The number of nitrogens with zero attached hydrogens (tertiary/aromatic N) is 2. The molecular formula is C15H24N2O. The van der Waals surface area contributed by atoms with Gasteiger partial charge in [-0.05, 0) is 33.0 Å². The first kappa shape index (κ1) is 13.4. The molecule has 2 atom stereocenters. The number of anilines is 1. The van der Waals surface area contributed by atoms with Gasteiger partial charge in [-0.25, -0.2) is 0 Å². The van der Waals surface area contributed by atoms with Crippen molar-refractivity contribution >= 4 is 5.69 Å². The van der Waals surface area contributed by atoms with E-state index >= 15 is 0 Å². The number of likely N-dealkylation sites (N-methyl/N-ethyl adjacent to an activating group) is 1. The van der Waals surface area contributed by atoms with Crippen LogP contribution in [0.2, 0.25) is 0 Å². The van der Waals surface area contributed by atoms with Crippen LogP contribution < -0.4 is 4.90 Å². The zero-order valence-electron chi connectivity index (χ0n) is 11.8. The number of benzene rings is 1. The van der Waals surface area contributed by atoms with E-state index in [1.54, 1.807) is 0 Å². The van der Waals surface area contributed by atoms with Gasteiger partial charge in [-0.1, -0.05) is 24.6 Å². The van der Waals surface area contributed by atoms with Crippen molar-refractivity contribution in [2.45, 2.75) is 26.5 Å². The second-order valence-corrected chi connectivity index (χ2v) is 5.70. The van der Waals surface area contributed by atoms with Crippen molar-refractivity contribution in [1.82, 2.24) is 4.90 Å². The van der Waals surface area contributed by atoms with Crippen LogP contribution in [0.5, 0.6) is 0 Å². The molecule has 1 fully saturated rings. The largest absolute Gasteiger partial charge is 0.392 e.